The van der Waals surface area contributed by atoms with Crippen molar-refractivity contribution in [3.8, 4) is 0 Å². The van der Waals surface area contributed by atoms with Gasteiger partial charge in [-0.1, -0.05) is 194 Å². The molecule has 0 amide bonds. The highest BCUT2D eigenvalue weighted by molar-refractivity contribution is 5.69. The van der Waals surface area contributed by atoms with Gasteiger partial charge in [-0.25, -0.2) is 19.3 Å². The topological polar surface area (TPSA) is 52.6 Å². The van der Waals surface area contributed by atoms with Crippen LogP contribution < -0.4 is 17.0 Å². The third-order valence-electron chi connectivity index (χ3n) is 9.13. The van der Waals surface area contributed by atoms with Crippen molar-refractivity contribution in [1.82, 2.24) is 0 Å². The Morgan fingerprint density at radius 3 is 0.778 bits per heavy atom. The summed E-state index contributed by atoms with van der Waals surface area (Å²) in [6.45, 7) is 6.84. The normalized spacial score (nSPS) is 11.4. The van der Waals surface area contributed by atoms with Crippen molar-refractivity contribution >= 4 is 11.9 Å². The van der Waals surface area contributed by atoms with Crippen LogP contribution in [0.4, 0.5) is 0 Å². The maximum atomic E-state index is 12.4. The number of hydroxylamine groups is 4. The molecule has 0 saturated heterocycles. The van der Waals surface area contributed by atoms with E-state index in [1.807, 2.05) is 6.92 Å². The van der Waals surface area contributed by atoms with Crippen LogP contribution in [0.2, 0.25) is 0 Å². The number of halogens is 1. The summed E-state index contributed by atoms with van der Waals surface area (Å²) < 4.78 is 0. The van der Waals surface area contributed by atoms with Crippen molar-refractivity contribution in [3.05, 3.63) is 0 Å². The maximum Gasteiger partial charge on any atom is 0.372 e. The summed E-state index contributed by atoms with van der Waals surface area (Å²) in [4.78, 5) is 35.5. The lowest BCUT2D eigenvalue weighted by Gasteiger charge is -2.25. The second kappa shape index (κ2) is 36.2. The van der Waals surface area contributed by atoms with Gasteiger partial charge in [-0.15, -0.1) is 0 Å². The summed E-state index contributed by atoms with van der Waals surface area (Å²) in [7, 11) is 1.66. The van der Waals surface area contributed by atoms with Gasteiger partial charge in [-0.3, -0.25) is 0 Å². The van der Waals surface area contributed by atoms with E-state index in [2.05, 4.69) is 13.8 Å². The highest BCUT2D eigenvalue weighted by Crippen LogP contribution is 2.17. The molecule has 0 rings (SSSR count). The Bertz CT molecular complexity index is 582. The third-order valence-corrected chi connectivity index (χ3v) is 9.13. The molecule has 0 aromatic carbocycles. The van der Waals surface area contributed by atoms with Gasteiger partial charge in [0.2, 0.25) is 0 Å². The zero-order valence-corrected chi connectivity index (χ0v) is 32.4. The fourth-order valence-electron chi connectivity index (χ4n) is 5.95. The van der Waals surface area contributed by atoms with Crippen LogP contribution in [0.25, 0.3) is 0 Å². The van der Waals surface area contributed by atoms with Crippen molar-refractivity contribution in [2.45, 2.75) is 226 Å². The molecule has 0 saturated carbocycles. The lowest BCUT2D eigenvalue weighted by atomic mass is 10.0. The lowest BCUT2D eigenvalue weighted by Crippen LogP contribution is -3.00. The zero-order valence-electron chi connectivity index (χ0n) is 30.8. The van der Waals surface area contributed by atoms with Crippen LogP contribution in [0.15, 0.2) is 0 Å². The molecule has 0 unspecified atom stereocenters. The van der Waals surface area contributed by atoms with Gasteiger partial charge in [0.05, 0.1) is 12.8 Å². The molecule has 0 radical (unpaired) electrons. The first-order valence-electron chi connectivity index (χ1n) is 19.8. The zero-order chi connectivity index (χ0) is 32.4. The van der Waals surface area contributed by atoms with Gasteiger partial charge >= 0.3 is 11.9 Å². The molecule has 0 aromatic rings. The number of rotatable bonds is 35. The quantitative estimate of drug-likeness (QED) is 0.0375. The first kappa shape index (κ1) is 46.5. The minimum absolute atomic E-state index is 0. The largest absolute Gasteiger partial charge is 1.00 e. The molecule has 0 aliphatic heterocycles. The number of carbonyl (C=O) groups excluding carboxylic acids is 2. The first-order valence-corrected chi connectivity index (χ1v) is 19.8. The van der Waals surface area contributed by atoms with Gasteiger partial charge in [0.15, 0.2) is 13.6 Å². The van der Waals surface area contributed by atoms with E-state index in [1.54, 1.807) is 7.05 Å². The summed E-state index contributed by atoms with van der Waals surface area (Å²) in [5.74, 6) is -0.548. The Morgan fingerprint density at radius 1 is 0.378 bits per heavy atom. The number of unbranched alkanes of at least 4 members (excludes halogenated alkanes) is 28. The summed E-state index contributed by atoms with van der Waals surface area (Å²) >= 11 is 0. The molecule has 0 heterocycles. The van der Waals surface area contributed by atoms with Crippen molar-refractivity contribution in [2.75, 3.05) is 13.6 Å². The van der Waals surface area contributed by atoms with Crippen LogP contribution in [0.1, 0.15) is 226 Å². The van der Waals surface area contributed by atoms with Gasteiger partial charge in [0.1, 0.15) is 0 Å². The van der Waals surface area contributed by atoms with Gasteiger partial charge in [0.25, 0.3) is 0 Å². The molecule has 0 bridgehead atoms. The fraction of sp³-hybridized carbons (Fsp3) is 0.949. The summed E-state index contributed by atoms with van der Waals surface area (Å²) in [6.07, 6.45) is 39.8. The molecule has 0 N–H and O–H groups in total. The van der Waals surface area contributed by atoms with Crippen LogP contribution >= 0.6 is 0 Å². The van der Waals surface area contributed by atoms with E-state index in [9.17, 15) is 9.59 Å². The van der Waals surface area contributed by atoms with Gasteiger partial charge in [0, 0.05) is 4.81 Å². The highest BCUT2D eigenvalue weighted by Gasteiger charge is 2.31. The molecule has 0 fully saturated rings. The molecule has 45 heavy (non-hydrogen) atoms. The first-order chi connectivity index (χ1) is 21.5. The predicted octanol–water partition coefficient (Wildman–Crippen LogP) is 9.90. The molecule has 270 valence electrons. The average Bonchev–Trinajstić information content (AvgIpc) is 3.01. The minimum Gasteiger partial charge on any atom is -1.00 e. The van der Waals surface area contributed by atoms with Crippen molar-refractivity contribution in [3.63, 3.8) is 0 Å². The molecule has 0 aliphatic rings. The van der Waals surface area contributed by atoms with Gasteiger partial charge in [-0.05, 0) is 19.8 Å². The molecule has 5 nitrogen and oxygen atoms in total. The fourth-order valence-corrected chi connectivity index (χ4v) is 5.95. The SMILES string of the molecule is CCCCCCCCCCCCCCCCCC(=O)O[N+](C)(CC)OC(=O)CCCCCCCCCCCCCCCCC.[Br-]. The Kier molecular flexibility index (Phi) is 37.4. The van der Waals surface area contributed by atoms with E-state index in [-0.39, 0.29) is 28.9 Å². The van der Waals surface area contributed by atoms with Crippen molar-refractivity contribution < 1.29 is 41.1 Å². The Balaban J connectivity index is 0. The average molecular weight is 705 g/mol. The molecular weight excluding hydrogens is 626 g/mol. The molecule has 0 aromatic heterocycles. The molecule has 6 heteroatoms. The summed E-state index contributed by atoms with van der Waals surface area (Å²) in [6, 6.07) is 0. The monoisotopic (exact) mass is 704 g/mol. The Hall–Kier alpha value is -0.620. The second-order valence-electron chi connectivity index (χ2n) is 13.7. The number of quaternary nitrogens is 1. The number of hydrogen-bond acceptors (Lipinski definition) is 4. The summed E-state index contributed by atoms with van der Waals surface area (Å²) in [5, 5.41) is 0. The van der Waals surface area contributed by atoms with Crippen LogP contribution in [-0.4, -0.2) is 30.3 Å². The minimum atomic E-state index is -0.408. The Morgan fingerprint density at radius 2 is 0.578 bits per heavy atom. The van der Waals surface area contributed by atoms with E-state index in [4.69, 9.17) is 9.68 Å². The number of carbonyl (C=O) groups is 2. The smallest absolute Gasteiger partial charge is 0.372 e. The van der Waals surface area contributed by atoms with Crippen molar-refractivity contribution in [2.24, 2.45) is 0 Å². The van der Waals surface area contributed by atoms with Crippen LogP contribution in [0, 0.1) is 0 Å². The third kappa shape index (κ3) is 34.5. The van der Waals surface area contributed by atoms with Crippen molar-refractivity contribution in [1.29, 1.82) is 0 Å². The molecule has 0 aliphatic carbocycles. The van der Waals surface area contributed by atoms with Gasteiger partial charge in [-0.2, -0.15) is 0 Å². The van der Waals surface area contributed by atoms with Crippen LogP contribution in [-0.2, 0) is 19.3 Å². The number of nitrogens with zero attached hydrogens (tertiary/aromatic N) is 1. The number of hydrogen-bond donors (Lipinski definition) is 0. The van der Waals surface area contributed by atoms with E-state index in [1.165, 1.54) is 167 Å². The van der Waals surface area contributed by atoms with Gasteiger partial charge < -0.3 is 17.0 Å². The molecule has 0 spiro atoms. The van der Waals surface area contributed by atoms with Crippen LogP contribution in [0.3, 0.4) is 0 Å². The Labute approximate surface area is 292 Å². The lowest BCUT2D eigenvalue weighted by molar-refractivity contribution is -1.21. The second-order valence-corrected chi connectivity index (χ2v) is 13.7. The predicted molar refractivity (Wildman–Crippen MR) is 188 cm³/mol. The standard InChI is InChI=1S/C39H78NO4.BrH/c1-5-8-10-12-14-16-18-20-22-24-26-28-30-32-34-36-38(41)43-40(4,7-3)44-39(42)37-35-33-31-29-27-25-23-21-19-17-15-13-11-9-6-2;/h5-37H2,1-4H3;1H/q+1;/p-1. The highest BCUT2D eigenvalue weighted by atomic mass is 79.9. The van der Waals surface area contributed by atoms with E-state index in [0.717, 1.165) is 25.7 Å². The van der Waals surface area contributed by atoms with Crippen LogP contribution in [0.5, 0.6) is 0 Å². The molecule has 0 atom stereocenters. The van der Waals surface area contributed by atoms with E-state index in [0.29, 0.717) is 19.4 Å². The summed E-state index contributed by atoms with van der Waals surface area (Å²) in [5.41, 5.74) is 0. The van der Waals surface area contributed by atoms with E-state index < -0.39 is 4.81 Å². The van der Waals surface area contributed by atoms with E-state index >= 15 is 0 Å². The molecular formula is C39H78BrNO4. The maximum absolute atomic E-state index is 12.4.